The van der Waals surface area contributed by atoms with Crippen LogP contribution in [0.5, 0.6) is 0 Å². The van der Waals surface area contributed by atoms with Gasteiger partial charge in [0.25, 0.3) is 5.69 Å². The van der Waals surface area contributed by atoms with Crippen LogP contribution in [0.3, 0.4) is 0 Å². The van der Waals surface area contributed by atoms with Crippen molar-refractivity contribution in [2.45, 2.75) is 25.3 Å². The van der Waals surface area contributed by atoms with E-state index in [9.17, 15) is 15.2 Å². The molecule has 1 aliphatic heterocycles. The Kier molecular flexibility index (Phi) is 4.28. The molecule has 1 heterocycles. The van der Waals surface area contributed by atoms with Crippen LogP contribution in [0.15, 0.2) is 24.3 Å². The molecule has 1 aliphatic rings. The largest absolute Gasteiger partial charge is 0.395 e. The quantitative estimate of drug-likeness (QED) is 0.636. The molecule has 1 fully saturated rings. The van der Waals surface area contributed by atoms with E-state index in [0.29, 0.717) is 6.42 Å². The van der Waals surface area contributed by atoms with Gasteiger partial charge in [0.1, 0.15) is 0 Å². The van der Waals surface area contributed by atoms with Crippen molar-refractivity contribution < 1.29 is 10.0 Å². The van der Waals surface area contributed by atoms with E-state index in [4.69, 9.17) is 0 Å². The van der Waals surface area contributed by atoms with E-state index in [0.717, 1.165) is 31.5 Å². The lowest BCUT2D eigenvalue weighted by Crippen LogP contribution is -2.33. The van der Waals surface area contributed by atoms with E-state index in [1.807, 2.05) is 12.1 Å². The van der Waals surface area contributed by atoms with Gasteiger partial charge in [-0.05, 0) is 25.8 Å². The van der Waals surface area contributed by atoms with Gasteiger partial charge in [0.15, 0.2) is 0 Å². The van der Waals surface area contributed by atoms with Crippen LogP contribution in [0.2, 0.25) is 0 Å². The van der Waals surface area contributed by atoms with E-state index in [1.54, 1.807) is 12.1 Å². The number of nitrogens with zero attached hydrogens (tertiary/aromatic N) is 2. The monoisotopic (exact) mass is 250 g/mol. The van der Waals surface area contributed by atoms with E-state index >= 15 is 0 Å². The van der Waals surface area contributed by atoms with Crippen LogP contribution in [0.25, 0.3) is 0 Å². The smallest absolute Gasteiger partial charge is 0.272 e. The minimum atomic E-state index is -0.331. The lowest BCUT2D eigenvalue weighted by molar-refractivity contribution is -0.385. The first kappa shape index (κ1) is 13.0. The van der Waals surface area contributed by atoms with Crippen molar-refractivity contribution in [3.8, 4) is 0 Å². The predicted molar refractivity (Wildman–Crippen MR) is 68.5 cm³/mol. The van der Waals surface area contributed by atoms with Crippen LogP contribution in [0.1, 0.15) is 18.4 Å². The van der Waals surface area contributed by atoms with Crippen molar-refractivity contribution in [3.63, 3.8) is 0 Å². The standard InChI is InChI=1S/C13H18N2O3/c16-10-12-5-3-8-14(12)9-7-11-4-1-2-6-13(11)15(17)18/h1-2,4,6,12,16H,3,5,7-10H2/t12-/m0/s1. The highest BCUT2D eigenvalue weighted by Gasteiger charge is 2.24. The van der Waals surface area contributed by atoms with E-state index < -0.39 is 0 Å². The molecule has 1 atom stereocenters. The Morgan fingerprint density at radius 1 is 1.44 bits per heavy atom. The first-order chi connectivity index (χ1) is 8.72. The molecule has 1 aromatic rings. The normalized spacial score (nSPS) is 20.2. The zero-order chi connectivity index (χ0) is 13.0. The lowest BCUT2D eigenvalue weighted by atomic mass is 10.1. The van der Waals surface area contributed by atoms with Crippen molar-refractivity contribution >= 4 is 5.69 Å². The molecule has 0 spiro atoms. The van der Waals surface area contributed by atoms with E-state index in [1.165, 1.54) is 0 Å². The van der Waals surface area contributed by atoms with Crippen LogP contribution in [0, 0.1) is 10.1 Å². The summed E-state index contributed by atoms with van der Waals surface area (Å²) in [7, 11) is 0. The minimum Gasteiger partial charge on any atom is -0.395 e. The van der Waals surface area contributed by atoms with Gasteiger partial charge in [-0.15, -0.1) is 0 Å². The van der Waals surface area contributed by atoms with Crippen LogP contribution in [0.4, 0.5) is 5.69 Å². The average Bonchev–Trinajstić information content (AvgIpc) is 2.84. The molecule has 5 nitrogen and oxygen atoms in total. The number of hydrogen-bond donors (Lipinski definition) is 1. The van der Waals surface area contributed by atoms with Crippen molar-refractivity contribution in [1.82, 2.24) is 4.90 Å². The highest BCUT2D eigenvalue weighted by atomic mass is 16.6. The first-order valence-corrected chi connectivity index (χ1v) is 6.29. The Morgan fingerprint density at radius 3 is 2.94 bits per heavy atom. The fourth-order valence-corrected chi connectivity index (χ4v) is 2.56. The maximum atomic E-state index is 10.9. The van der Waals surface area contributed by atoms with Crippen molar-refractivity contribution in [2.75, 3.05) is 19.7 Å². The molecule has 1 N–H and O–H groups in total. The number of nitro groups is 1. The Balaban J connectivity index is 2.00. The molecule has 1 aromatic carbocycles. The molecule has 18 heavy (non-hydrogen) atoms. The third kappa shape index (κ3) is 2.86. The maximum absolute atomic E-state index is 10.9. The van der Waals surface area contributed by atoms with Gasteiger partial charge < -0.3 is 5.11 Å². The number of rotatable bonds is 5. The zero-order valence-electron chi connectivity index (χ0n) is 10.3. The highest BCUT2D eigenvalue weighted by Crippen LogP contribution is 2.21. The summed E-state index contributed by atoms with van der Waals surface area (Å²) in [5, 5.41) is 20.1. The third-order valence-electron chi connectivity index (χ3n) is 3.57. The molecule has 0 aromatic heterocycles. The summed E-state index contributed by atoms with van der Waals surface area (Å²) in [6.45, 7) is 1.93. The molecular weight excluding hydrogens is 232 g/mol. The minimum absolute atomic E-state index is 0.177. The number of benzene rings is 1. The molecule has 0 aliphatic carbocycles. The Morgan fingerprint density at radius 2 is 2.22 bits per heavy atom. The van der Waals surface area contributed by atoms with Gasteiger partial charge in [0.05, 0.1) is 11.5 Å². The number of likely N-dealkylation sites (tertiary alicyclic amines) is 1. The van der Waals surface area contributed by atoms with E-state index in [2.05, 4.69) is 4.90 Å². The zero-order valence-corrected chi connectivity index (χ0v) is 10.3. The number of aliphatic hydroxyl groups excluding tert-OH is 1. The molecule has 0 radical (unpaired) electrons. The number of aliphatic hydroxyl groups is 1. The fraction of sp³-hybridized carbons (Fsp3) is 0.538. The molecule has 5 heteroatoms. The van der Waals surface area contributed by atoms with Gasteiger partial charge in [0.2, 0.25) is 0 Å². The number of nitro benzene ring substituents is 1. The predicted octanol–water partition coefficient (Wildman–Crippen LogP) is 1.59. The molecule has 1 saturated heterocycles. The Labute approximate surface area is 106 Å². The summed E-state index contributed by atoms with van der Waals surface area (Å²) < 4.78 is 0. The van der Waals surface area contributed by atoms with Gasteiger partial charge in [-0.1, -0.05) is 18.2 Å². The van der Waals surface area contributed by atoms with Crippen molar-refractivity contribution in [1.29, 1.82) is 0 Å². The second-order valence-electron chi connectivity index (χ2n) is 4.65. The Hall–Kier alpha value is -1.46. The Bertz CT molecular complexity index is 422. The second-order valence-corrected chi connectivity index (χ2v) is 4.65. The van der Waals surface area contributed by atoms with Gasteiger partial charge in [-0.2, -0.15) is 0 Å². The van der Waals surface area contributed by atoms with Gasteiger partial charge in [-0.3, -0.25) is 15.0 Å². The second kappa shape index (κ2) is 5.93. The summed E-state index contributed by atoms with van der Waals surface area (Å²) in [4.78, 5) is 12.8. The average molecular weight is 250 g/mol. The summed E-state index contributed by atoms with van der Waals surface area (Å²) >= 11 is 0. The molecule has 0 amide bonds. The highest BCUT2D eigenvalue weighted by molar-refractivity contribution is 5.39. The topological polar surface area (TPSA) is 66.6 Å². The number of hydrogen-bond acceptors (Lipinski definition) is 4. The summed E-state index contributed by atoms with van der Waals surface area (Å²) in [5.74, 6) is 0. The molecule has 2 rings (SSSR count). The van der Waals surface area contributed by atoms with E-state index in [-0.39, 0.29) is 23.3 Å². The summed E-state index contributed by atoms with van der Waals surface area (Å²) in [5.41, 5.74) is 0.961. The van der Waals surface area contributed by atoms with Gasteiger partial charge in [-0.25, -0.2) is 0 Å². The van der Waals surface area contributed by atoms with Crippen LogP contribution >= 0.6 is 0 Å². The van der Waals surface area contributed by atoms with Crippen molar-refractivity contribution in [3.05, 3.63) is 39.9 Å². The van der Waals surface area contributed by atoms with Crippen LogP contribution in [-0.2, 0) is 6.42 Å². The molecule has 0 saturated carbocycles. The van der Waals surface area contributed by atoms with Crippen LogP contribution < -0.4 is 0 Å². The molecule has 0 bridgehead atoms. The lowest BCUT2D eigenvalue weighted by Gasteiger charge is -2.22. The number of para-hydroxylation sites is 1. The summed E-state index contributed by atoms with van der Waals surface area (Å²) in [6, 6.07) is 7.10. The maximum Gasteiger partial charge on any atom is 0.272 e. The third-order valence-corrected chi connectivity index (χ3v) is 3.57. The molecular formula is C13H18N2O3. The molecule has 0 unspecified atom stereocenters. The van der Waals surface area contributed by atoms with Gasteiger partial charge in [0, 0.05) is 24.2 Å². The van der Waals surface area contributed by atoms with Crippen molar-refractivity contribution in [2.24, 2.45) is 0 Å². The molecule has 98 valence electrons. The first-order valence-electron chi connectivity index (χ1n) is 6.29. The summed E-state index contributed by atoms with van der Waals surface area (Å²) in [6.07, 6.45) is 2.78. The SMILES string of the molecule is O=[N+]([O-])c1ccccc1CCN1CCC[C@H]1CO. The fourth-order valence-electron chi connectivity index (χ4n) is 2.56. The van der Waals surface area contributed by atoms with Crippen LogP contribution in [-0.4, -0.2) is 40.7 Å². The van der Waals surface area contributed by atoms with Gasteiger partial charge >= 0.3 is 0 Å².